The SMILES string of the molecule is CC(C)=CCC(O)C(C(=O)OC1OC(COC2OCC(O)C(O)C2O)C(O)C(O)C1O)C1CCC2(C)C3CCC4C(C)(CO)C(OC5OC(COC6OC(C)C(O)C(O)C6O)C(O)C(O)C5OC5OC(C)C(O)C(O)C5O)CCC45CC35CCC12C. The van der Waals surface area contributed by atoms with E-state index in [-0.39, 0.29) is 47.7 Å². The van der Waals surface area contributed by atoms with E-state index in [0.29, 0.717) is 38.5 Å². The Morgan fingerprint density at radius 3 is 1.74 bits per heavy atom. The van der Waals surface area contributed by atoms with Gasteiger partial charge in [-0.25, -0.2) is 0 Å². The van der Waals surface area contributed by atoms with Crippen LogP contribution in [0.1, 0.15) is 113 Å². The minimum absolute atomic E-state index is 0.105. The Hall–Kier alpha value is -1.79. The molecule has 0 bridgehead atoms. The molecule has 0 aromatic heterocycles. The molecule has 86 heavy (non-hydrogen) atoms. The lowest BCUT2D eigenvalue weighted by Crippen LogP contribution is -2.66. The first-order chi connectivity index (χ1) is 40.4. The third-order valence-electron chi connectivity index (χ3n) is 23.2. The molecule has 35 atom stereocenters. The number of carbonyl (C=O) groups is 1. The van der Waals surface area contributed by atoms with E-state index in [9.17, 15) is 86.5 Å². The van der Waals surface area contributed by atoms with Gasteiger partial charge in [-0.3, -0.25) is 4.79 Å². The first-order valence-electron chi connectivity index (χ1n) is 30.8. The van der Waals surface area contributed by atoms with Crippen LogP contribution in [0.3, 0.4) is 0 Å². The number of hydrogen-bond acceptors (Lipinski definition) is 27. The number of fused-ring (bicyclic) bond motifs is 2. The summed E-state index contributed by atoms with van der Waals surface area (Å²) < 4.78 is 59.4. The summed E-state index contributed by atoms with van der Waals surface area (Å²) in [7, 11) is 0. The van der Waals surface area contributed by atoms with Crippen molar-refractivity contribution in [2.75, 3.05) is 26.4 Å². The molecular formula is C59H96O27. The molecule has 27 heteroatoms. The van der Waals surface area contributed by atoms with Crippen LogP contribution in [0, 0.1) is 50.7 Å². The third-order valence-corrected chi connectivity index (χ3v) is 23.2. The van der Waals surface area contributed by atoms with Crippen molar-refractivity contribution in [3.63, 3.8) is 0 Å². The normalized spacial score (nSPS) is 54.3. The molecular weight excluding hydrogens is 1140 g/mol. The molecule has 27 nitrogen and oxygen atoms in total. The highest BCUT2D eigenvalue weighted by molar-refractivity contribution is 5.74. The average molecular weight is 1240 g/mol. The van der Waals surface area contributed by atoms with Crippen LogP contribution in [0.2, 0.25) is 0 Å². The van der Waals surface area contributed by atoms with Crippen LogP contribution in [0.5, 0.6) is 0 Å². The average Bonchev–Trinajstić information content (AvgIpc) is 1.46. The lowest BCUT2D eigenvalue weighted by Gasteiger charge is -2.64. The molecule has 5 aliphatic heterocycles. The van der Waals surface area contributed by atoms with E-state index < -0.39 is 201 Å². The molecule has 494 valence electrons. The van der Waals surface area contributed by atoms with Gasteiger partial charge in [0.25, 0.3) is 0 Å². The quantitative estimate of drug-likeness (QED) is 0.0380. The van der Waals surface area contributed by atoms with Crippen molar-refractivity contribution in [3.8, 4) is 0 Å². The predicted molar refractivity (Wildman–Crippen MR) is 289 cm³/mol. The van der Waals surface area contributed by atoms with Gasteiger partial charge in [-0.1, -0.05) is 32.4 Å². The zero-order valence-corrected chi connectivity index (χ0v) is 49.9. The van der Waals surface area contributed by atoms with Gasteiger partial charge in [0.2, 0.25) is 6.29 Å². The lowest BCUT2D eigenvalue weighted by atomic mass is 9.41. The van der Waals surface area contributed by atoms with E-state index in [4.69, 9.17) is 47.4 Å². The first-order valence-corrected chi connectivity index (χ1v) is 30.8. The van der Waals surface area contributed by atoms with Crippen molar-refractivity contribution in [2.45, 2.75) is 272 Å². The summed E-state index contributed by atoms with van der Waals surface area (Å²) in [5, 5.41) is 175. The van der Waals surface area contributed by atoms with Gasteiger partial charge >= 0.3 is 5.97 Å². The molecule has 16 N–H and O–H groups in total. The number of rotatable bonds is 17. The van der Waals surface area contributed by atoms with Crippen molar-refractivity contribution < 1.29 is 134 Å². The van der Waals surface area contributed by atoms with Crippen LogP contribution in [0.25, 0.3) is 0 Å². The molecule has 0 radical (unpaired) electrons. The van der Waals surface area contributed by atoms with E-state index in [1.165, 1.54) is 13.8 Å². The molecule has 10 aliphatic rings. The van der Waals surface area contributed by atoms with E-state index in [2.05, 4.69) is 13.8 Å². The number of allylic oxidation sites excluding steroid dienone is 1. The highest BCUT2D eigenvalue weighted by Crippen LogP contribution is 2.89. The highest BCUT2D eigenvalue weighted by Gasteiger charge is 2.83. The minimum Gasteiger partial charge on any atom is -0.432 e. The van der Waals surface area contributed by atoms with Gasteiger partial charge in [0.1, 0.15) is 104 Å². The summed E-state index contributed by atoms with van der Waals surface area (Å²) in [5.41, 5.74) is -1.40. The Morgan fingerprint density at radius 1 is 0.558 bits per heavy atom. The Kier molecular flexibility index (Phi) is 19.7. The van der Waals surface area contributed by atoms with Crippen LogP contribution in [-0.2, 0) is 52.2 Å². The van der Waals surface area contributed by atoms with Gasteiger partial charge in [-0.15, -0.1) is 0 Å². The zero-order chi connectivity index (χ0) is 62.7. The largest absolute Gasteiger partial charge is 0.432 e. The van der Waals surface area contributed by atoms with Crippen molar-refractivity contribution >= 4 is 5.97 Å². The Morgan fingerprint density at radius 2 is 1.10 bits per heavy atom. The number of aliphatic hydroxyl groups excluding tert-OH is 16. The monoisotopic (exact) mass is 1240 g/mol. The lowest BCUT2D eigenvalue weighted by molar-refractivity contribution is -0.380. The molecule has 2 spiro atoms. The summed E-state index contributed by atoms with van der Waals surface area (Å²) in [6, 6.07) is 0. The fraction of sp³-hybridized carbons (Fsp3) is 0.949. The first kappa shape index (κ1) is 67.1. The summed E-state index contributed by atoms with van der Waals surface area (Å²) in [4.78, 5) is 14.9. The fourth-order valence-electron chi connectivity index (χ4n) is 17.9. The standard InChI is InChI=1S/C59H96O27/c1-23(2)8-9-27(61)34(49(76)86-53-47(75)42(70)38(66)29(82-53)19-78-50-44(72)37(65)28(62)18-77-50)26-12-14-57(7)32-11-10-31-55(5,22-60)33(13-15-58(31)21-59(32,58)17-16-56(26,57)6)84-54-48(85-52-46(74)41(69)36(64)25(4)81-52)43(71)39(67)30(83-54)20-79-51-45(73)40(68)35(63)24(3)80-51/h8,24-48,50-54,60-75H,9-22H2,1-7H3. The highest BCUT2D eigenvalue weighted by atomic mass is 16.8. The second kappa shape index (κ2) is 25.3. The number of hydrogen-bond donors (Lipinski definition) is 16. The van der Waals surface area contributed by atoms with Crippen LogP contribution in [-0.4, -0.2) is 274 Å². The second-order valence-corrected chi connectivity index (χ2v) is 27.9. The Labute approximate surface area is 499 Å². The van der Waals surface area contributed by atoms with Crippen LogP contribution < -0.4 is 0 Å². The van der Waals surface area contributed by atoms with Crippen molar-refractivity contribution in [2.24, 2.45) is 50.7 Å². The molecule has 5 heterocycles. The van der Waals surface area contributed by atoms with Gasteiger partial charge in [0.05, 0.1) is 56.8 Å². The van der Waals surface area contributed by atoms with Crippen molar-refractivity contribution in [3.05, 3.63) is 11.6 Å². The topological polar surface area (TPSA) is 433 Å². The summed E-state index contributed by atoms with van der Waals surface area (Å²) >= 11 is 0. The molecule has 10 rings (SSSR count). The molecule has 5 aliphatic carbocycles. The van der Waals surface area contributed by atoms with E-state index >= 15 is 0 Å². The summed E-state index contributed by atoms with van der Waals surface area (Å²) in [6.07, 6.45) is -32.0. The number of ether oxygens (including phenoxy) is 10. The van der Waals surface area contributed by atoms with E-state index in [1.807, 2.05) is 26.8 Å². The second-order valence-electron chi connectivity index (χ2n) is 27.9. The smallest absolute Gasteiger partial charge is 0.314 e. The van der Waals surface area contributed by atoms with Gasteiger partial charge < -0.3 is 129 Å². The third kappa shape index (κ3) is 11.3. The number of aliphatic hydroxyl groups is 16. The predicted octanol–water partition coefficient (Wildman–Crippen LogP) is -3.57. The summed E-state index contributed by atoms with van der Waals surface area (Å²) in [6.45, 7) is 11.3. The summed E-state index contributed by atoms with van der Waals surface area (Å²) in [5.74, 6) is -2.40. The molecule has 5 saturated heterocycles. The molecule has 5 saturated carbocycles. The maximum absolute atomic E-state index is 14.9. The minimum atomic E-state index is -1.92. The fourth-order valence-corrected chi connectivity index (χ4v) is 17.9. The van der Waals surface area contributed by atoms with Gasteiger partial charge in [-0.05, 0) is 131 Å². The Balaban J connectivity index is 0.865. The van der Waals surface area contributed by atoms with E-state index in [0.717, 1.165) is 24.8 Å². The van der Waals surface area contributed by atoms with Crippen molar-refractivity contribution in [1.29, 1.82) is 0 Å². The Bertz CT molecular complexity index is 2370. The van der Waals surface area contributed by atoms with Gasteiger partial charge in [-0.2, -0.15) is 0 Å². The van der Waals surface area contributed by atoms with Crippen molar-refractivity contribution in [1.82, 2.24) is 0 Å². The maximum atomic E-state index is 14.9. The number of carbonyl (C=O) groups excluding carboxylic acids is 1. The molecule has 10 fully saturated rings. The zero-order valence-electron chi connectivity index (χ0n) is 49.9. The van der Waals surface area contributed by atoms with Crippen LogP contribution >= 0.6 is 0 Å². The van der Waals surface area contributed by atoms with Gasteiger partial charge in [0, 0.05) is 5.41 Å². The van der Waals surface area contributed by atoms with E-state index in [1.54, 1.807) is 0 Å². The number of esters is 1. The maximum Gasteiger partial charge on any atom is 0.314 e. The molecule has 0 aromatic rings. The molecule has 0 amide bonds. The molecule has 35 unspecified atom stereocenters. The van der Waals surface area contributed by atoms with Crippen LogP contribution in [0.4, 0.5) is 0 Å². The molecule has 0 aromatic carbocycles. The van der Waals surface area contributed by atoms with Gasteiger partial charge in [0.15, 0.2) is 25.2 Å². The van der Waals surface area contributed by atoms with Crippen LogP contribution in [0.15, 0.2) is 11.6 Å².